The zero-order valence-corrected chi connectivity index (χ0v) is 31.2. The summed E-state index contributed by atoms with van der Waals surface area (Å²) in [7, 11) is 3.74. The highest BCUT2D eigenvalue weighted by atomic mass is 32.2. The summed E-state index contributed by atoms with van der Waals surface area (Å²) < 4.78 is 108. The highest BCUT2D eigenvalue weighted by Crippen LogP contribution is 2.43. The Balaban J connectivity index is 1.43. The molecule has 1 atom stereocenters. The first-order valence-electron chi connectivity index (χ1n) is 16.7. The second-order valence-electron chi connectivity index (χ2n) is 12.4. The van der Waals surface area contributed by atoms with Crippen molar-refractivity contribution in [3.63, 3.8) is 0 Å². The molecule has 5 rings (SSSR count). The summed E-state index contributed by atoms with van der Waals surface area (Å²) >= 11 is 1.03. The van der Waals surface area contributed by atoms with E-state index in [4.69, 9.17) is 23.7 Å². The van der Waals surface area contributed by atoms with Gasteiger partial charge < -0.3 is 33.9 Å². The van der Waals surface area contributed by atoms with Crippen molar-refractivity contribution < 1.29 is 69.2 Å². The molecule has 4 aromatic carbocycles. The van der Waals surface area contributed by atoms with E-state index in [1.54, 1.807) is 53.4 Å². The van der Waals surface area contributed by atoms with E-state index < -0.39 is 65.2 Å². The first-order chi connectivity index (χ1) is 27.0. The van der Waals surface area contributed by atoms with E-state index in [1.807, 2.05) is 0 Å². The van der Waals surface area contributed by atoms with Crippen LogP contribution in [0, 0.1) is 0 Å². The Labute approximate surface area is 326 Å². The highest BCUT2D eigenvalue weighted by molar-refractivity contribution is 8.00. The SMILES string of the molecule is COC(=O)c1cc(NC(=O)CSCN2c3ccccc3CC2(OCc2cccc(OC)c2)C(=O)COc2cc(C(F)(F)F)cc(C(F)(F)F)c2)cc(C(=O)OC)c1. The number of benzene rings is 4. The van der Waals surface area contributed by atoms with Crippen molar-refractivity contribution in [3.05, 3.63) is 118 Å². The molecule has 0 saturated carbocycles. The smallest absolute Gasteiger partial charge is 0.416 e. The van der Waals surface area contributed by atoms with Crippen molar-refractivity contribution in [1.29, 1.82) is 0 Å². The molecule has 11 nitrogen and oxygen atoms in total. The van der Waals surface area contributed by atoms with Gasteiger partial charge >= 0.3 is 24.3 Å². The van der Waals surface area contributed by atoms with Gasteiger partial charge in [0, 0.05) is 17.8 Å². The van der Waals surface area contributed by atoms with Gasteiger partial charge in [-0.05, 0) is 65.7 Å². The lowest BCUT2D eigenvalue weighted by Crippen LogP contribution is -2.57. The molecule has 0 aromatic heterocycles. The maximum absolute atomic E-state index is 14.4. The van der Waals surface area contributed by atoms with Crippen LogP contribution in [0.5, 0.6) is 11.5 Å². The molecule has 1 aliphatic heterocycles. The normalized spacial score (nSPS) is 15.1. The van der Waals surface area contributed by atoms with Crippen molar-refractivity contribution in [2.75, 3.05) is 49.8 Å². The summed E-state index contributed by atoms with van der Waals surface area (Å²) in [6.45, 7) is -1.19. The van der Waals surface area contributed by atoms with E-state index >= 15 is 0 Å². The molecule has 57 heavy (non-hydrogen) atoms. The lowest BCUT2D eigenvalue weighted by molar-refractivity contribution is -0.147. The minimum absolute atomic E-state index is 0.0320. The van der Waals surface area contributed by atoms with E-state index in [2.05, 4.69) is 5.32 Å². The summed E-state index contributed by atoms with van der Waals surface area (Å²) in [5.41, 5.74) is -3.44. The number of amides is 1. The second-order valence-corrected chi connectivity index (χ2v) is 13.4. The number of nitrogens with zero attached hydrogens (tertiary/aromatic N) is 1. The summed E-state index contributed by atoms with van der Waals surface area (Å²) in [5, 5.41) is 2.61. The Morgan fingerprint density at radius 1 is 0.772 bits per heavy atom. The number of halogens is 6. The second kappa shape index (κ2) is 17.6. The summed E-state index contributed by atoms with van der Waals surface area (Å²) in [5.74, 6) is -3.65. The predicted octanol–water partition coefficient (Wildman–Crippen LogP) is 7.56. The number of ether oxygens (including phenoxy) is 5. The number of rotatable bonds is 15. The molecule has 1 aliphatic rings. The van der Waals surface area contributed by atoms with Gasteiger partial charge in [0.25, 0.3) is 0 Å². The number of fused-ring (bicyclic) bond motifs is 1. The van der Waals surface area contributed by atoms with E-state index in [0.717, 1.165) is 26.0 Å². The largest absolute Gasteiger partial charge is 0.497 e. The highest BCUT2D eigenvalue weighted by Gasteiger charge is 2.51. The molecule has 1 N–H and O–H groups in total. The van der Waals surface area contributed by atoms with Crippen LogP contribution in [-0.2, 0) is 49.2 Å². The van der Waals surface area contributed by atoms with Crippen molar-refractivity contribution in [3.8, 4) is 11.5 Å². The Morgan fingerprint density at radius 3 is 2.00 bits per heavy atom. The maximum Gasteiger partial charge on any atom is 0.416 e. The van der Waals surface area contributed by atoms with Crippen LogP contribution in [0.4, 0.5) is 37.7 Å². The standard InChI is InChI=1S/C39H34F6N2O9S/c1-52-30-9-6-7-23(11-30)19-56-37(33(48)20-55-31-16-27(38(40,41)42)15-28(17-31)39(43,44)45)18-24-8-4-5-10-32(24)47(37)22-57-21-34(49)46-29-13-25(35(50)53-2)12-26(14-29)36(51)54-3/h4-17H,18-22H2,1-3H3,(H,46,49). The molecule has 0 fully saturated rings. The molecule has 0 bridgehead atoms. The zero-order valence-electron chi connectivity index (χ0n) is 30.4. The zero-order chi connectivity index (χ0) is 41.5. The predicted molar refractivity (Wildman–Crippen MR) is 195 cm³/mol. The van der Waals surface area contributed by atoms with Crippen LogP contribution in [-0.4, -0.2) is 68.9 Å². The van der Waals surface area contributed by atoms with Crippen LogP contribution >= 0.6 is 11.8 Å². The third kappa shape index (κ3) is 10.2. The number of para-hydroxylation sites is 1. The van der Waals surface area contributed by atoms with Gasteiger partial charge in [-0.3, -0.25) is 9.59 Å². The van der Waals surface area contributed by atoms with Crippen LogP contribution in [0.1, 0.15) is 43.0 Å². The van der Waals surface area contributed by atoms with Crippen LogP contribution in [0.2, 0.25) is 0 Å². The lowest BCUT2D eigenvalue weighted by atomic mass is 10.0. The van der Waals surface area contributed by atoms with Crippen molar-refractivity contribution in [2.24, 2.45) is 0 Å². The number of esters is 2. The van der Waals surface area contributed by atoms with Gasteiger partial charge in [-0.2, -0.15) is 26.3 Å². The molecular weight excluding hydrogens is 786 g/mol. The number of hydrogen-bond acceptors (Lipinski definition) is 11. The topological polar surface area (TPSA) is 130 Å². The number of Topliss-reactive ketones (excluding diaryl/α,β-unsaturated/α-hetero) is 1. The van der Waals surface area contributed by atoms with Gasteiger partial charge in [0.15, 0.2) is 6.61 Å². The third-order valence-corrected chi connectivity index (χ3v) is 9.55. The van der Waals surface area contributed by atoms with Crippen LogP contribution in [0.25, 0.3) is 0 Å². The van der Waals surface area contributed by atoms with Crippen LogP contribution in [0.3, 0.4) is 0 Å². The van der Waals surface area contributed by atoms with Gasteiger partial charge in [-0.1, -0.05) is 30.3 Å². The molecule has 1 unspecified atom stereocenters. The van der Waals surface area contributed by atoms with Crippen molar-refractivity contribution >= 4 is 46.8 Å². The molecule has 1 amide bonds. The quantitative estimate of drug-likeness (QED) is 0.0943. The molecule has 4 aromatic rings. The van der Waals surface area contributed by atoms with E-state index in [1.165, 1.54) is 25.3 Å². The minimum Gasteiger partial charge on any atom is -0.497 e. The Bertz CT molecular complexity index is 2080. The molecule has 0 spiro atoms. The Morgan fingerprint density at radius 2 is 1.40 bits per heavy atom. The van der Waals surface area contributed by atoms with E-state index in [9.17, 15) is 45.5 Å². The molecule has 0 radical (unpaired) electrons. The summed E-state index contributed by atoms with van der Waals surface area (Å²) in [6.07, 6.45) is -10.4. The molecular formula is C39H34F6N2O9S. The number of carbonyl (C=O) groups is 4. The Hall–Kier alpha value is -5.75. The van der Waals surface area contributed by atoms with Gasteiger partial charge in [-0.25, -0.2) is 9.59 Å². The minimum atomic E-state index is -5.15. The maximum atomic E-state index is 14.4. The average molecular weight is 821 g/mol. The molecule has 302 valence electrons. The number of nitrogens with one attached hydrogen (secondary N) is 1. The van der Waals surface area contributed by atoms with Crippen LogP contribution in [0.15, 0.2) is 84.9 Å². The first-order valence-corrected chi connectivity index (χ1v) is 17.9. The lowest BCUT2D eigenvalue weighted by Gasteiger charge is -2.38. The van der Waals surface area contributed by atoms with Crippen molar-refractivity contribution in [2.45, 2.75) is 31.1 Å². The van der Waals surface area contributed by atoms with E-state index in [-0.39, 0.29) is 47.5 Å². The number of hydrogen-bond donors (Lipinski definition) is 1. The summed E-state index contributed by atoms with van der Waals surface area (Å²) in [4.78, 5) is 53.5. The van der Waals surface area contributed by atoms with Gasteiger partial charge in [-0.15, -0.1) is 11.8 Å². The number of alkyl halides is 6. The first kappa shape index (κ1) is 42.4. The number of anilines is 2. The number of carbonyl (C=O) groups excluding carboxylic acids is 4. The van der Waals surface area contributed by atoms with Crippen LogP contribution < -0.4 is 19.7 Å². The average Bonchev–Trinajstić information content (AvgIpc) is 3.51. The molecule has 0 aliphatic carbocycles. The number of methoxy groups -OCH3 is 3. The van der Waals surface area contributed by atoms with Gasteiger partial charge in [0.05, 0.1) is 61.8 Å². The van der Waals surface area contributed by atoms with E-state index in [0.29, 0.717) is 34.7 Å². The van der Waals surface area contributed by atoms with Gasteiger partial charge in [0.2, 0.25) is 17.4 Å². The molecule has 1 heterocycles. The van der Waals surface area contributed by atoms with Gasteiger partial charge in [0.1, 0.15) is 11.5 Å². The number of thioether (sulfide) groups is 1. The van der Waals surface area contributed by atoms with Crippen molar-refractivity contribution in [1.82, 2.24) is 0 Å². The third-order valence-electron chi connectivity index (χ3n) is 8.64. The number of ketones is 1. The monoisotopic (exact) mass is 820 g/mol. The fraction of sp³-hybridized carbons (Fsp3) is 0.282. The molecule has 18 heteroatoms. The Kier molecular flexibility index (Phi) is 13.1. The molecule has 0 saturated heterocycles. The fourth-order valence-electron chi connectivity index (χ4n) is 5.94. The fourth-order valence-corrected chi connectivity index (χ4v) is 6.82. The summed E-state index contributed by atoms with van der Waals surface area (Å²) in [6, 6.07) is 18.1.